The molecule has 0 aliphatic rings. The summed E-state index contributed by atoms with van der Waals surface area (Å²) in [5.41, 5.74) is 2.37. The van der Waals surface area contributed by atoms with E-state index in [1.54, 1.807) is 4.68 Å². The third-order valence-corrected chi connectivity index (χ3v) is 5.65. The average Bonchev–Trinajstić information content (AvgIpc) is 3.38. The van der Waals surface area contributed by atoms with Gasteiger partial charge < -0.3 is 9.88 Å². The van der Waals surface area contributed by atoms with E-state index in [1.165, 1.54) is 11.8 Å². The Morgan fingerprint density at radius 3 is 2.66 bits per heavy atom. The molecule has 2 aromatic carbocycles. The van der Waals surface area contributed by atoms with Crippen molar-refractivity contribution in [1.29, 1.82) is 0 Å². The Kier molecular flexibility index (Phi) is 6.31. The summed E-state index contributed by atoms with van der Waals surface area (Å²) < 4.78 is 30.7. The number of hydrogen-bond donors (Lipinski definition) is 1. The van der Waals surface area contributed by atoms with Crippen LogP contribution in [0.15, 0.2) is 59.9 Å². The van der Waals surface area contributed by atoms with Crippen LogP contribution in [0.2, 0.25) is 0 Å². The second-order valence-corrected chi connectivity index (χ2v) is 7.89. The second kappa shape index (κ2) is 9.31. The quantitative estimate of drug-likeness (QED) is 0.420. The number of carbonyl (C=O) groups excluding carboxylic acids is 1. The first-order chi connectivity index (χ1) is 15.5. The zero-order valence-corrected chi connectivity index (χ0v) is 18.2. The molecule has 0 saturated carbocycles. The van der Waals surface area contributed by atoms with Crippen LogP contribution in [-0.2, 0) is 18.4 Å². The summed E-state index contributed by atoms with van der Waals surface area (Å²) in [7, 11) is 1.84. The van der Waals surface area contributed by atoms with Crippen molar-refractivity contribution in [3.63, 3.8) is 0 Å². The van der Waals surface area contributed by atoms with Crippen molar-refractivity contribution < 1.29 is 13.6 Å². The van der Waals surface area contributed by atoms with Gasteiger partial charge in [-0.2, -0.15) is 5.10 Å². The minimum atomic E-state index is -0.700. The van der Waals surface area contributed by atoms with Gasteiger partial charge >= 0.3 is 0 Å². The predicted molar refractivity (Wildman–Crippen MR) is 119 cm³/mol. The Balaban J connectivity index is 1.55. The highest BCUT2D eigenvalue weighted by Crippen LogP contribution is 2.31. The first kappa shape index (κ1) is 21.7. The van der Waals surface area contributed by atoms with E-state index in [-0.39, 0.29) is 11.4 Å². The molecule has 32 heavy (non-hydrogen) atoms. The topological polar surface area (TPSA) is 77.6 Å². The minimum absolute atomic E-state index is 0.0351. The van der Waals surface area contributed by atoms with Gasteiger partial charge in [0.1, 0.15) is 17.3 Å². The smallest absolute Gasteiger partial charge is 0.234 e. The Labute approximate surface area is 187 Å². The molecule has 0 bridgehead atoms. The standard InChI is InChI=1S/C22H20F2N6OS/c1-3-30-21(16-12-29(2)28-20(16)14-7-5-4-6-8-14)26-27-22(30)32-13-19(31)25-18-11-15(23)9-10-17(18)24/h4-12H,3,13H2,1-2H3,(H,25,31). The first-order valence-corrected chi connectivity index (χ1v) is 10.8. The van der Waals surface area contributed by atoms with Gasteiger partial charge in [-0.3, -0.25) is 9.48 Å². The first-order valence-electron chi connectivity index (χ1n) is 9.86. The van der Waals surface area contributed by atoms with E-state index in [0.717, 1.165) is 35.0 Å². The number of aryl methyl sites for hydroxylation is 1. The van der Waals surface area contributed by atoms with Crippen LogP contribution in [0.5, 0.6) is 0 Å². The van der Waals surface area contributed by atoms with Crippen molar-refractivity contribution in [3.8, 4) is 22.6 Å². The van der Waals surface area contributed by atoms with Crippen LogP contribution in [0.4, 0.5) is 14.5 Å². The number of amides is 1. The highest BCUT2D eigenvalue weighted by atomic mass is 32.2. The SMILES string of the molecule is CCn1c(SCC(=O)Nc2cc(F)ccc2F)nnc1-c1cn(C)nc1-c1ccccc1. The Morgan fingerprint density at radius 2 is 1.91 bits per heavy atom. The van der Waals surface area contributed by atoms with Gasteiger partial charge in [0.05, 0.1) is 17.0 Å². The van der Waals surface area contributed by atoms with Crippen LogP contribution in [0.3, 0.4) is 0 Å². The Bertz CT molecular complexity index is 1250. The maximum absolute atomic E-state index is 13.8. The van der Waals surface area contributed by atoms with Crippen molar-refractivity contribution >= 4 is 23.4 Å². The van der Waals surface area contributed by atoms with Crippen LogP contribution >= 0.6 is 11.8 Å². The third kappa shape index (κ3) is 4.54. The molecule has 0 aliphatic carbocycles. The van der Waals surface area contributed by atoms with E-state index in [4.69, 9.17) is 0 Å². The predicted octanol–water partition coefficient (Wildman–Crippen LogP) is 4.37. The summed E-state index contributed by atoms with van der Waals surface area (Å²) in [5, 5.41) is 16.1. The number of hydrogen-bond acceptors (Lipinski definition) is 5. The number of halogens is 2. The average molecular weight is 455 g/mol. The highest BCUT2D eigenvalue weighted by Gasteiger charge is 2.20. The van der Waals surface area contributed by atoms with E-state index in [0.29, 0.717) is 17.5 Å². The number of rotatable bonds is 7. The van der Waals surface area contributed by atoms with Gasteiger partial charge in [0.15, 0.2) is 11.0 Å². The molecule has 2 aromatic heterocycles. The molecule has 10 heteroatoms. The van der Waals surface area contributed by atoms with Gasteiger partial charge in [0.25, 0.3) is 0 Å². The zero-order valence-electron chi connectivity index (χ0n) is 17.4. The van der Waals surface area contributed by atoms with Gasteiger partial charge in [0, 0.05) is 31.4 Å². The number of carbonyl (C=O) groups is 1. The number of thioether (sulfide) groups is 1. The summed E-state index contributed by atoms with van der Waals surface area (Å²) in [6.07, 6.45) is 1.88. The fourth-order valence-electron chi connectivity index (χ4n) is 3.25. The third-order valence-electron chi connectivity index (χ3n) is 4.68. The van der Waals surface area contributed by atoms with Crippen LogP contribution in [0, 0.1) is 11.6 Å². The van der Waals surface area contributed by atoms with Crippen molar-refractivity contribution in [1.82, 2.24) is 24.5 Å². The van der Waals surface area contributed by atoms with Gasteiger partial charge in [-0.1, -0.05) is 42.1 Å². The summed E-state index contributed by atoms with van der Waals surface area (Å²) in [6, 6.07) is 12.7. The molecular formula is C22H20F2N6OS. The lowest BCUT2D eigenvalue weighted by molar-refractivity contribution is -0.113. The normalized spacial score (nSPS) is 11.0. The fraction of sp³-hybridized carbons (Fsp3) is 0.182. The van der Waals surface area contributed by atoms with Gasteiger partial charge in [-0.25, -0.2) is 8.78 Å². The van der Waals surface area contributed by atoms with E-state index in [9.17, 15) is 13.6 Å². The number of nitrogens with one attached hydrogen (secondary N) is 1. The van der Waals surface area contributed by atoms with Gasteiger partial charge in [0.2, 0.25) is 5.91 Å². The van der Waals surface area contributed by atoms with Crippen LogP contribution in [-0.4, -0.2) is 36.2 Å². The molecule has 0 unspecified atom stereocenters. The fourth-order valence-corrected chi connectivity index (χ4v) is 4.05. The number of aromatic nitrogens is 5. The van der Waals surface area contributed by atoms with E-state index in [1.807, 2.05) is 55.1 Å². The molecule has 4 rings (SSSR count). The largest absolute Gasteiger partial charge is 0.323 e. The van der Waals surface area contributed by atoms with Gasteiger partial charge in [-0.05, 0) is 19.1 Å². The van der Waals surface area contributed by atoms with Gasteiger partial charge in [-0.15, -0.1) is 10.2 Å². The second-order valence-electron chi connectivity index (χ2n) is 6.94. The molecule has 1 N–H and O–H groups in total. The molecule has 4 aromatic rings. The summed E-state index contributed by atoms with van der Waals surface area (Å²) in [4.78, 5) is 12.3. The molecule has 1 amide bonds. The molecule has 0 spiro atoms. The highest BCUT2D eigenvalue weighted by molar-refractivity contribution is 7.99. The maximum atomic E-state index is 13.8. The molecule has 0 fully saturated rings. The molecule has 7 nitrogen and oxygen atoms in total. The molecule has 0 radical (unpaired) electrons. The minimum Gasteiger partial charge on any atom is -0.323 e. The van der Waals surface area contributed by atoms with E-state index in [2.05, 4.69) is 20.6 Å². The summed E-state index contributed by atoms with van der Waals surface area (Å²) >= 11 is 1.17. The molecule has 0 aliphatic heterocycles. The maximum Gasteiger partial charge on any atom is 0.234 e. The van der Waals surface area contributed by atoms with Crippen molar-refractivity contribution in [2.75, 3.05) is 11.1 Å². The number of nitrogens with zero attached hydrogens (tertiary/aromatic N) is 5. The molecule has 2 heterocycles. The number of benzene rings is 2. The lowest BCUT2D eigenvalue weighted by Crippen LogP contribution is -2.15. The zero-order chi connectivity index (χ0) is 22.7. The monoisotopic (exact) mass is 454 g/mol. The van der Waals surface area contributed by atoms with Crippen LogP contribution in [0.25, 0.3) is 22.6 Å². The van der Waals surface area contributed by atoms with Crippen LogP contribution < -0.4 is 5.32 Å². The van der Waals surface area contributed by atoms with Crippen molar-refractivity contribution in [2.45, 2.75) is 18.6 Å². The number of anilines is 1. The lowest BCUT2D eigenvalue weighted by atomic mass is 10.1. The lowest BCUT2D eigenvalue weighted by Gasteiger charge is -2.08. The Morgan fingerprint density at radius 1 is 1.12 bits per heavy atom. The van der Waals surface area contributed by atoms with Crippen molar-refractivity contribution in [3.05, 3.63) is 66.4 Å². The van der Waals surface area contributed by atoms with Crippen molar-refractivity contribution in [2.24, 2.45) is 7.05 Å². The summed E-state index contributed by atoms with van der Waals surface area (Å²) in [6.45, 7) is 2.53. The summed E-state index contributed by atoms with van der Waals surface area (Å²) in [5.74, 6) is -1.20. The van der Waals surface area contributed by atoms with E-state index < -0.39 is 17.5 Å². The van der Waals surface area contributed by atoms with Crippen LogP contribution in [0.1, 0.15) is 6.92 Å². The molecule has 164 valence electrons. The molecular weight excluding hydrogens is 434 g/mol. The Hall–Kier alpha value is -3.53. The van der Waals surface area contributed by atoms with E-state index >= 15 is 0 Å². The molecule has 0 saturated heterocycles. The molecule has 0 atom stereocenters.